The average molecular weight is 309 g/mol. The summed E-state index contributed by atoms with van der Waals surface area (Å²) in [6.45, 7) is 5.40. The van der Waals surface area contributed by atoms with Crippen LogP contribution >= 0.6 is 0 Å². The van der Waals surface area contributed by atoms with Crippen LogP contribution in [0.5, 0.6) is 5.75 Å². The predicted octanol–water partition coefficient (Wildman–Crippen LogP) is 2.13. The van der Waals surface area contributed by atoms with Crippen LogP contribution in [0.2, 0.25) is 0 Å². The van der Waals surface area contributed by atoms with Crippen LogP contribution in [0.3, 0.4) is 0 Å². The highest BCUT2D eigenvalue weighted by Gasteiger charge is 2.01. The Balaban J connectivity index is 2.43. The molecule has 6 heteroatoms. The molecule has 6 nitrogen and oxygen atoms in total. The molecule has 0 saturated carbocycles. The molecule has 0 amide bonds. The molecule has 0 unspecified atom stereocenters. The zero-order chi connectivity index (χ0) is 16.0. The van der Waals surface area contributed by atoms with Crippen molar-refractivity contribution in [3.63, 3.8) is 0 Å². The Morgan fingerprint density at radius 3 is 2.82 bits per heavy atom. The number of nitrogens with one attached hydrogen (secondary N) is 2. The minimum Gasteiger partial charge on any atom is -0.493 e. The summed E-state index contributed by atoms with van der Waals surface area (Å²) in [4.78, 5) is 4.18. The van der Waals surface area contributed by atoms with Crippen molar-refractivity contribution in [2.45, 2.75) is 13.3 Å². The van der Waals surface area contributed by atoms with Crippen molar-refractivity contribution >= 4 is 11.6 Å². The highest BCUT2D eigenvalue weighted by molar-refractivity contribution is 5.93. The number of benzene rings is 1. The van der Waals surface area contributed by atoms with Crippen molar-refractivity contribution < 1.29 is 14.2 Å². The van der Waals surface area contributed by atoms with Crippen LogP contribution in [-0.4, -0.2) is 53.1 Å². The molecule has 0 aliphatic heterocycles. The molecule has 0 heterocycles. The molecule has 22 heavy (non-hydrogen) atoms. The topological polar surface area (TPSA) is 64.1 Å². The van der Waals surface area contributed by atoms with Crippen molar-refractivity contribution in [1.82, 2.24) is 5.32 Å². The van der Waals surface area contributed by atoms with E-state index in [1.54, 1.807) is 14.2 Å². The van der Waals surface area contributed by atoms with E-state index in [4.69, 9.17) is 14.2 Å². The number of anilines is 1. The molecular weight excluding hydrogens is 282 g/mol. The Bertz CT molecular complexity index is 438. The van der Waals surface area contributed by atoms with Crippen LogP contribution in [0.25, 0.3) is 0 Å². The largest absolute Gasteiger partial charge is 0.493 e. The second-order valence-electron chi connectivity index (χ2n) is 4.54. The van der Waals surface area contributed by atoms with Gasteiger partial charge in [-0.1, -0.05) is 6.07 Å². The van der Waals surface area contributed by atoms with Crippen molar-refractivity contribution in [3.8, 4) is 5.75 Å². The second-order valence-corrected chi connectivity index (χ2v) is 4.54. The number of hydrogen-bond acceptors (Lipinski definition) is 4. The Hall–Kier alpha value is -1.79. The number of aliphatic imine (C=N–C) groups is 1. The smallest absolute Gasteiger partial charge is 0.195 e. The van der Waals surface area contributed by atoms with Gasteiger partial charge in [-0.3, -0.25) is 4.99 Å². The summed E-state index contributed by atoms with van der Waals surface area (Å²) in [6, 6.07) is 7.80. The van der Waals surface area contributed by atoms with Crippen molar-refractivity contribution in [1.29, 1.82) is 0 Å². The lowest BCUT2D eigenvalue weighted by atomic mass is 10.3. The van der Waals surface area contributed by atoms with Gasteiger partial charge in [-0.15, -0.1) is 0 Å². The van der Waals surface area contributed by atoms with E-state index < -0.39 is 0 Å². The number of ether oxygens (including phenoxy) is 3. The van der Waals surface area contributed by atoms with Crippen molar-refractivity contribution in [2.24, 2.45) is 4.99 Å². The third kappa shape index (κ3) is 7.85. The number of hydrogen-bond donors (Lipinski definition) is 2. The fourth-order valence-corrected chi connectivity index (χ4v) is 1.76. The molecule has 0 saturated heterocycles. The summed E-state index contributed by atoms with van der Waals surface area (Å²) in [5.74, 6) is 1.53. The number of methoxy groups -OCH3 is 1. The third-order valence-electron chi connectivity index (χ3n) is 2.82. The zero-order valence-corrected chi connectivity index (χ0v) is 13.7. The first kappa shape index (κ1) is 18.3. The normalized spacial score (nSPS) is 11.3. The summed E-state index contributed by atoms with van der Waals surface area (Å²) >= 11 is 0. The summed E-state index contributed by atoms with van der Waals surface area (Å²) in [6.07, 6.45) is 0.870. The first-order chi connectivity index (χ1) is 10.8. The monoisotopic (exact) mass is 309 g/mol. The lowest BCUT2D eigenvalue weighted by molar-refractivity contribution is 0.152. The molecule has 0 bridgehead atoms. The molecule has 0 radical (unpaired) electrons. The van der Waals surface area contributed by atoms with E-state index in [2.05, 4.69) is 15.6 Å². The molecule has 0 atom stereocenters. The number of nitrogens with zero attached hydrogens (tertiary/aromatic N) is 1. The average Bonchev–Trinajstić information content (AvgIpc) is 2.55. The summed E-state index contributed by atoms with van der Waals surface area (Å²) < 4.78 is 16.0. The Morgan fingerprint density at radius 1 is 1.23 bits per heavy atom. The molecule has 1 rings (SSSR count). The highest BCUT2D eigenvalue weighted by Crippen LogP contribution is 2.17. The Kier molecular flexibility index (Phi) is 9.81. The number of rotatable bonds is 10. The van der Waals surface area contributed by atoms with Gasteiger partial charge in [0.2, 0.25) is 0 Å². The maximum absolute atomic E-state index is 5.68. The SMILES string of the molecule is CCOCCNC(=NC)Nc1cccc(OCCCOC)c1. The van der Waals surface area contributed by atoms with Crippen LogP contribution in [0.4, 0.5) is 5.69 Å². The fourth-order valence-electron chi connectivity index (χ4n) is 1.76. The minimum atomic E-state index is 0.638. The molecule has 1 aromatic carbocycles. The zero-order valence-electron chi connectivity index (χ0n) is 13.7. The van der Waals surface area contributed by atoms with E-state index in [1.165, 1.54) is 0 Å². The second kappa shape index (κ2) is 11.8. The molecule has 2 N–H and O–H groups in total. The molecule has 0 aromatic heterocycles. The van der Waals surface area contributed by atoms with Gasteiger partial charge in [0.25, 0.3) is 0 Å². The van der Waals surface area contributed by atoms with Crippen molar-refractivity contribution in [3.05, 3.63) is 24.3 Å². The van der Waals surface area contributed by atoms with Gasteiger partial charge in [-0.25, -0.2) is 0 Å². The van der Waals surface area contributed by atoms with Gasteiger partial charge in [0.1, 0.15) is 5.75 Å². The highest BCUT2D eigenvalue weighted by atomic mass is 16.5. The lowest BCUT2D eigenvalue weighted by Crippen LogP contribution is -2.33. The van der Waals surface area contributed by atoms with E-state index in [0.717, 1.165) is 24.5 Å². The van der Waals surface area contributed by atoms with E-state index in [9.17, 15) is 0 Å². The van der Waals surface area contributed by atoms with Crippen LogP contribution in [0.15, 0.2) is 29.3 Å². The van der Waals surface area contributed by atoms with Gasteiger partial charge >= 0.3 is 0 Å². The first-order valence-corrected chi connectivity index (χ1v) is 7.57. The van der Waals surface area contributed by atoms with Gasteiger partial charge in [0.05, 0.1) is 13.2 Å². The van der Waals surface area contributed by atoms with Gasteiger partial charge in [-0.2, -0.15) is 0 Å². The van der Waals surface area contributed by atoms with Crippen LogP contribution in [0, 0.1) is 0 Å². The van der Waals surface area contributed by atoms with Gasteiger partial charge in [0.15, 0.2) is 5.96 Å². The molecule has 0 fully saturated rings. The molecule has 1 aromatic rings. The summed E-state index contributed by atoms with van der Waals surface area (Å²) in [7, 11) is 3.43. The first-order valence-electron chi connectivity index (χ1n) is 7.57. The lowest BCUT2D eigenvalue weighted by Gasteiger charge is -2.13. The number of guanidine groups is 1. The minimum absolute atomic E-state index is 0.638. The summed E-state index contributed by atoms with van der Waals surface area (Å²) in [5, 5.41) is 6.41. The van der Waals surface area contributed by atoms with Gasteiger partial charge in [0, 0.05) is 52.1 Å². The Labute approximate surface area is 132 Å². The van der Waals surface area contributed by atoms with Crippen molar-refractivity contribution in [2.75, 3.05) is 52.4 Å². The van der Waals surface area contributed by atoms with E-state index >= 15 is 0 Å². The fraction of sp³-hybridized carbons (Fsp3) is 0.562. The molecular formula is C16H27N3O3. The quantitative estimate of drug-likeness (QED) is 0.394. The third-order valence-corrected chi connectivity index (χ3v) is 2.82. The molecule has 0 spiro atoms. The van der Waals surface area contributed by atoms with E-state index in [0.29, 0.717) is 32.3 Å². The van der Waals surface area contributed by atoms with E-state index in [-0.39, 0.29) is 0 Å². The molecule has 124 valence electrons. The summed E-state index contributed by atoms with van der Waals surface area (Å²) in [5.41, 5.74) is 0.925. The van der Waals surface area contributed by atoms with Gasteiger partial charge in [-0.05, 0) is 19.1 Å². The van der Waals surface area contributed by atoms with Crippen LogP contribution in [-0.2, 0) is 9.47 Å². The molecule has 0 aliphatic carbocycles. The molecule has 0 aliphatic rings. The standard InChI is InChI=1S/C16H27N3O3/c1-4-21-12-9-18-16(17-2)19-14-7-5-8-15(13-14)22-11-6-10-20-3/h5,7-8,13H,4,6,9-12H2,1-3H3,(H2,17,18,19). The van der Waals surface area contributed by atoms with Crippen LogP contribution < -0.4 is 15.4 Å². The predicted molar refractivity (Wildman–Crippen MR) is 89.9 cm³/mol. The van der Waals surface area contributed by atoms with E-state index in [1.807, 2.05) is 31.2 Å². The maximum atomic E-state index is 5.68. The maximum Gasteiger partial charge on any atom is 0.195 e. The Morgan fingerprint density at radius 2 is 2.09 bits per heavy atom. The van der Waals surface area contributed by atoms with Crippen LogP contribution in [0.1, 0.15) is 13.3 Å². The van der Waals surface area contributed by atoms with Gasteiger partial charge < -0.3 is 24.8 Å².